The molecule has 3 N–H and O–H groups in total. The second kappa shape index (κ2) is 8.26. The first-order valence-electron chi connectivity index (χ1n) is 8.87. The van der Waals surface area contributed by atoms with E-state index in [0.717, 1.165) is 5.69 Å². The molecule has 1 fully saturated rings. The number of aliphatic hydroxyl groups is 1. The Morgan fingerprint density at radius 2 is 2.00 bits per heavy atom. The largest absolute Gasteiger partial charge is 0.391 e. The summed E-state index contributed by atoms with van der Waals surface area (Å²) in [5.41, 5.74) is 1.67. The van der Waals surface area contributed by atoms with Gasteiger partial charge < -0.3 is 15.7 Å². The van der Waals surface area contributed by atoms with E-state index in [-0.39, 0.29) is 36.3 Å². The molecule has 3 atom stereocenters. The number of aromatic nitrogens is 1. The van der Waals surface area contributed by atoms with Crippen molar-refractivity contribution in [2.75, 3.05) is 0 Å². The van der Waals surface area contributed by atoms with Crippen LogP contribution in [0.5, 0.6) is 0 Å². The average Bonchev–Trinajstić information content (AvgIpc) is 3.00. The van der Waals surface area contributed by atoms with Gasteiger partial charge in [0.2, 0.25) is 5.91 Å². The standard InChI is InChI=1S/C20H22FN3O3/c1-12-4-2-7-16(23-12)20(27)24-17-9-14(10-18(17)25)19(26)22-11-13-5-3-6-15(21)8-13/h2-8,14,17-18,25H,9-11H2,1H3,(H,22,26)(H,24,27)/t14-,17+,18+/m0/s1. The number of aryl methyl sites for hydroxylation is 1. The van der Waals surface area contributed by atoms with Crippen molar-refractivity contribution in [3.63, 3.8) is 0 Å². The second-order valence-electron chi connectivity index (χ2n) is 6.83. The summed E-state index contributed by atoms with van der Waals surface area (Å²) in [4.78, 5) is 28.8. The van der Waals surface area contributed by atoms with E-state index in [1.54, 1.807) is 37.3 Å². The Balaban J connectivity index is 1.54. The zero-order valence-corrected chi connectivity index (χ0v) is 15.0. The monoisotopic (exact) mass is 371 g/mol. The molecule has 0 saturated heterocycles. The van der Waals surface area contributed by atoms with E-state index in [0.29, 0.717) is 12.0 Å². The maximum absolute atomic E-state index is 13.2. The molecule has 0 radical (unpaired) electrons. The van der Waals surface area contributed by atoms with Crippen molar-refractivity contribution < 1.29 is 19.1 Å². The molecule has 0 aliphatic heterocycles. The Morgan fingerprint density at radius 1 is 1.22 bits per heavy atom. The van der Waals surface area contributed by atoms with Crippen molar-refractivity contribution in [3.8, 4) is 0 Å². The molecule has 1 aromatic heterocycles. The first kappa shape index (κ1) is 19.0. The van der Waals surface area contributed by atoms with Crippen molar-refractivity contribution in [2.24, 2.45) is 5.92 Å². The number of rotatable bonds is 5. The van der Waals surface area contributed by atoms with Gasteiger partial charge in [0.1, 0.15) is 11.5 Å². The Hall–Kier alpha value is -2.80. The lowest BCUT2D eigenvalue weighted by Gasteiger charge is -2.16. The Morgan fingerprint density at radius 3 is 2.74 bits per heavy atom. The smallest absolute Gasteiger partial charge is 0.270 e. The molecule has 1 aromatic carbocycles. The highest BCUT2D eigenvalue weighted by Gasteiger charge is 2.37. The summed E-state index contributed by atoms with van der Waals surface area (Å²) in [5.74, 6) is -1.36. The number of benzene rings is 1. The molecular weight excluding hydrogens is 349 g/mol. The molecule has 1 heterocycles. The van der Waals surface area contributed by atoms with Crippen molar-refractivity contribution in [3.05, 3.63) is 65.2 Å². The molecule has 2 amide bonds. The average molecular weight is 371 g/mol. The van der Waals surface area contributed by atoms with Gasteiger partial charge in [0.15, 0.2) is 0 Å². The lowest BCUT2D eigenvalue weighted by molar-refractivity contribution is -0.125. The molecule has 1 aliphatic carbocycles. The van der Waals surface area contributed by atoms with Gasteiger partial charge in [-0.2, -0.15) is 0 Å². The van der Waals surface area contributed by atoms with Crippen molar-refractivity contribution in [2.45, 2.75) is 38.5 Å². The first-order chi connectivity index (χ1) is 12.9. The van der Waals surface area contributed by atoms with Crippen LogP contribution in [0.2, 0.25) is 0 Å². The predicted molar refractivity (Wildman–Crippen MR) is 97.2 cm³/mol. The normalized spacial score (nSPS) is 21.7. The van der Waals surface area contributed by atoms with Gasteiger partial charge in [0, 0.05) is 18.2 Å². The van der Waals surface area contributed by atoms with Gasteiger partial charge in [0.25, 0.3) is 5.91 Å². The summed E-state index contributed by atoms with van der Waals surface area (Å²) < 4.78 is 13.2. The second-order valence-corrected chi connectivity index (χ2v) is 6.83. The fourth-order valence-corrected chi connectivity index (χ4v) is 3.28. The highest BCUT2D eigenvalue weighted by atomic mass is 19.1. The molecule has 0 unspecified atom stereocenters. The van der Waals surface area contributed by atoms with Gasteiger partial charge in [-0.15, -0.1) is 0 Å². The first-order valence-corrected chi connectivity index (χ1v) is 8.87. The van der Waals surface area contributed by atoms with Crippen LogP contribution in [0, 0.1) is 18.7 Å². The molecule has 7 heteroatoms. The number of amides is 2. The number of hydrogen-bond donors (Lipinski definition) is 3. The number of hydrogen-bond acceptors (Lipinski definition) is 4. The quantitative estimate of drug-likeness (QED) is 0.746. The van der Waals surface area contributed by atoms with Crippen molar-refractivity contribution in [1.82, 2.24) is 15.6 Å². The maximum atomic E-state index is 13.2. The topological polar surface area (TPSA) is 91.3 Å². The third kappa shape index (κ3) is 4.89. The van der Waals surface area contributed by atoms with E-state index >= 15 is 0 Å². The summed E-state index contributed by atoms with van der Waals surface area (Å²) in [6, 6.07) is 10.6. The molecular formula is C20H22FN3O3. The van der Waals surface area contributed by atoms with E-state index in [4.69, 9.17) is 0 Å². The number of aliphatic hydroxyl groups excluding tert-OH is 1. The van der Waals surface area contributed by atoms with E-state index in [9.17, 15) is 19.1 Å². The fourth-order valence-electron chi connectivity index (χ4n) is 3.28. The number of pyridine rings is 1. The van der Waals surface area contributed by atoms with E-state index < -0.39 is 18.1 Å². The molecule has 142 valence electrons. The van der Waals surface area contributed by atoms with Gasteiger partial charge >= 0.3 is 0 Å². The van der Waals surface area contributed by atoms with E-state index in [1.807, 2.05) is 0 Å². The summed E-state index contributed by atoms with van der Waals surface area (Å²) >= 11 is 0. The third-order valence-corrected chi connectivity index (χ3v) is 4.69. The molecule has 3 rings (SSSR count). The van der Waals surface area contributed by atoms with Crippen LogP contribution in [-0.4, -0.2) is 34.1 Å². The number of nitrogens with zero attached hydrogens (tertiary/aromatic N) is 1. The maximum Gasteiger partial charge on any atom is 0.270 e. The summed E-state index contributed by atoms with van der Waals surface area (Å²) in [6.45, 7) is 2.01. The molecule has 27 heavy (non-hydrogen) atoms. The summed E-state index contributed by atoms with van der Waals surface area (Å²) in [5, 5.41) is 15.7. The number of carbonyl (C=O) groups is 2. The van der Waals surface area contributed by atoms with Gasteiger partial charge in [-0.3, -0.25) is 9.59 Å². The molecule has 6 nitrogen and oxygen atoms in total. The van der Waals surface area contributed by atoms with Crippen LogP contribution in [-0.2, 0) is 11.3 Å². The lowest BCUT2D eigenvalue weighted by Crippen LogP contribution is -2.40. The zero-order chi connectivity index (χ0) is 19.4. The van der Waals surface area contributed by atoms with Crippen molar-refractivity contribution in [1.29, 1.82) is 0 Å². The zero-order valence-electron chi connectivity index (χ0n) is 15.0. The molecule has 1 aliphatic rings. The van der Waals surface area contributed by atoms with Crippen LogP contribution in [0.25, 0.3) is 0 Å². The third-order valence-electron chi connectivity index (χ3n) is 4.69. The van der Waals surface area contributed by atoms with Gasteiger partial charge in [-0.05, 0) is 49.6 Å². The Bertz CT molecular complexity index is 843. The highest BCUT2D eigenvalue weighted by Crippen LogP contribution is 2.26. The fraction of sp³-hybridized carbons (Fsp3) is 0.350. The summed E-state index contributed by atoms with van der Waals surface area (Å²) in [6.07, 6.45) is -0.196. The van der Waals surface area contributed by atoms with Gasteiger partial charge in [-0.1, -0.05) is 18.2 Å². The minimum absolute atomic E-state index is 0.216. The SMILES string of the molecule is Cc1cccc(C(=O)N[C@@H]2C[C@H](C(=O)NCc3cccc(F)c3)C[C@H]2O)n1. The van der Waals surface area contributed by atoms with Gasteiger partial charge in [0.05, 0.1) is 12.1 Å². The Labute approximate surface area is 156 Å². The molecule has 1 saturated carbocycles. The van der Waals surface area contributed by atoms with Gasteiger partial charge in [-0.25, -0.2) is 9.37 Å². The minimum atomic E-state index is -0.802. The molecule has 2 aromatic rings. The highest BCUT2D eigenvalue weighted by molar-refractivity contribution is 5.92. The van der Waals surface area contributed by atoms with Crippen LogP contribution in [0.15, 0.2) is 42.5 Å². The van der Waals surface area contributed by atoms with Crippen LogP contribution in [0.1, 0.15) is 34.6 Å². The van der Waals surface area contributed by atoms with Crippen LogP contribution in [0.3, 0.4) is 0 Å². The lowest BCUT2D eigenvalue weighted by atomic mass is 10.1. The van der Waals surface area contributed by atoms with Crippen LogP contribution in [0.4, 0.5) is 4.39 Å². The minimum Gasteiger partial charge on any atom is -0.391 e. The molecule has 0 bridgehead atoms. The predicted octanol–water partition coefficient (Wildman–Crippen LogP) is 1.71. The molecule has 0 spiro atoms. The summed E-state index contributed by atoms with van der Waals surface area (Å²) in [7, 11) is 0. The Kier molecular flexibility index (Phi) is 5.81. The van der Waals surface area contributed by atoms with E-state index in [1.165, 1.54) is 12.1 Å². The number of halogens is 1. The number of carbonyl (C=O) groups excluding carboxylic acids is 2. The van der Waals surface area contributed by atoms with Crippen LogP contribution >= 0.6 is 0 Å². The van der Waals surface area contributed by atoms with E-state index in [2.05, 4.69) is 15.6 Å². The van der Waals surface area contributed by atoms with Crippen LogP contribution < -0.4 is 10.6 Å². The van der Waals surface area contributed by atoms with Crippen molar-refractivity contribution >= 4 is 11.8 Å². The number of nitrogens with one attached hydrogen (secondary N) is 2.